The second-order valence-electron chi connectivity index (χ2n) is 4.35. The third-order valence-electron chi connectivity index (χ3n) is 2.93. The molecule has 0 amide bonds. The molecule has 0 saturated heterocycles. The molecule has 0 radical (unpaired) electrons. The summed E-state index contributed by atoms with van der Waals surface area (Å²) in [5.74, 6) is -1.99. The fraction of sp³-hybridized carbons (Fsp3) is 0.133. The third kappa shape index (κ3) is 2.51. The summed E-state index contributed by atoms with van der Waals surface area (Å²) in [7, 11) is 0. The van der Waals surface area contributed by atoms with Gasteiger partial charge in [-0.25, -0.2) is 8.78 Å². The lowest BCUT2D eigenvalue weighted by molar-refractivity contribution is 0.103. The van der Waals surface area contributed by atoms with Gasteiger partial charge in [0.05, 0.1) is 10.6 Å². The summed E-state index contributed by atoms with van der Waals surface area (Å²) < 4.78 is 27.2. The van der Waals surface area contributed by atoms with Gasteiger partial charge in [-0.05, 0) is 43.2 Å². The van der Waals surface area contributed by atoms with Crippen molar-refractivity contribution in [1.82, 2.24) is 0 Å². The standard InChI is InChI=1S/C15H11ClF2O/c1-8-4-3-5-10(14(8)16)15(19)11-7-12(17)9(2)6-13(11)18/h3-7H,1-2H3. The maximum absolute atomic E-state index is 13.8. The molecule has 0 atom stereocenters. The summed E-state index contributed by atoms with van der Waals surface area (Å²) in [6.07, 6.45) is 0. The van der Waals surface area contributed by atoms with Gasteiger partial charge in [0.15, 0.2) is 5.78 Å². The number of carbonyl (C=O) groups excluding carboxylic acids is 1. The van der Waals surface area contributed by atoms with Gasteiger partial charge < -0.3 is 0 Å². The van der Waals surface area contributed by atoms with Crippen molar-refractivity contribution in [3.05, 3.63) is 69.2 Å². The van der Waals surface area contributed by atoms with Gasteiger partial charge in [-0.3, -0.25) is 4.79 Å². The average molecular weight is 281 g/mol. The highest BCUT2D eigenvalue weighted by molar-refractivity contribution is 6.35. The minimum Gasteiger partial charge on any atom is -0.288 e. The Morgan fingerprint density at radius 1 is 1.00 bits per heavy atom. The van der Waals surface area contributed by atoms with Gasteiger partial charge in [0.25, 0.3) is 0 Å². The molecule has 0 spiro atoms. The molecule has 98 valence electrons. The predicted octanol–water partition coefficient (Wildman–Crippen LogP) is 4.47. The SMILES string of the molecule is Cc1cc(F)c(C(=O)c2cccc(C)c2Cl)cc1F. The minimum absolute atomic E-state index is 0.157. The van der Waals surface area contributed by atoms with Gasteiger partial charge in [0.1, 0.15) is 11.6 Å². The number of hydrogen-bond acceptors (Lipinski definition) is 1. The van der Waals surface area contributed by atoms with E-state index in [1.807, 2.05) is 0 Å². The summed E-state index contributed by atoms with van der Waals surface area (Å²) in [6.45, 7) is 3.18. The van der Waals surface area contributed by atoms with Crippen LogP contribution in [0.25, 0.3) is 0 Å². The molecule has 0 bridgehead atoms. The maximum Gasteiger partial charge on any atom is 0.197 e. The Balaban J connectivity index is 2.56. The number of rotatable bonds is 2. The molecular weight excluding hydrogens is 270 g/mol. The normalized spacial score (nSPS) is 10.6. The Morgan fingerprint density at radius 3 is 2.37 bits per heavy atom. The quantitative estimate of drug-likeness (QED) is 0.742. The molecule has 19 heavy (non-hydrogen) atoms. The van der Waals surface area contributed by atoms with Crippen LogP contribution in [0.3, 0.4) is 0 Å². The number of benzene rings is 2. The van der Waals surface area contributed by atoms with E-state index in [9.17, 15) is 13.6 Å². The minimum atomic E-state index is -0.749. The van der Waals surface area contributed by atoms with E-state index in [1.54, 1.807) is 19.1 Å². The molecule has 0 aromatic heterocycles. The topological polar surface area (TPSA) is 17.1 Å². The van der Waals surface area contributed by atoms with Gasteiger partial charge in [-0.15, -0.1) is 0 Å². The number of halogens is 3. The fourth-order valence-corrected chi connectivity index (χ4v) is 2.00. The molecule has 0 saturated carbocycles. The fourth-order valence-electron chi connectivity index (χ4n) is 1.79. The van der Waals surface area contributed by atoms with E-state index < -0.39 is 17.4 Å². The van der Waals surface area contributed by atoms with E-state index in [1.165, 1.54) is 13.0 Å². The highest BCUT2D eigenvalue weighted by atomic mass is 35.5. The van der Waals surface area contributed by atoms with Crippen LogP contribution in [0.1, 0.15) is 27.0 Å². The first kappa shape index (κ1) is 13.7. The number of ketones is 1. The van der Waals surface area contributed by atoms with E-state index in [-0.39, 0.29) is 21.7 Å². The number of carbonyl (C=O) groups is 1. The summed E-state index contributed by atoms with van der Waals surface area (Å²) in [6, 6.07) is 6.80. The molecule has 0 aliphatic carbocycles. The monoisotopic (exact) mass is 280 g/mol. The Labute approximate surface area is 114 Å². The van der Waals surface area contributed by atoms with Gasteiger partial charge in [0.2, 0.25) is 0 Å². The predicted molar refractivity (Wildman–Crippen MR) is 70.7 cm³/mol. The van der Waals surface area contributed by atoms with Crippen molar-refractivity contribution in [2.24, 2.45) is 0 Å². The molecule has 0 fully saturated rings. The van der Waals surface area contributed by atoms with Crippen LogP contribution < -0.4 is 0 Å². The molecule has 2 aromatic carbocycles. The van der Waals surface area contributed by atoms with Crippen LogP contribution in [-0.2, 0) is 0 Å². The van der Waals surface area contributed by atoms with Crippen LogP contribution in [0.5, 0.6) is 0 Å². The van der Waals surface area contributed by atoms with Gasteiger partial charge >= 0.3 is 0 Å². The van der Waals surface area contributed by atoms with E-state index >= 15 is 0 Å². The van der Waals surface area contributed by atoms with Crippen LogP contribution in [-0.4, -0.2) is 5.78 Å². The number of hydrogen-bond donors (Lipinski definition) is 0. The molecule has 4 heteroatoms. The Hall–Kier alpha value is -1.74. The van der Waals surface area contributed by atoms with Crippen molar-refractivity contribution in [2.75, 3.05) is 0 Å². The first-order chi connectivity index (χ1) is 8.91. The molecule has 0 aliphatic heterocycles. The molecule has 2 rings (SSSR count). The zero-order valence-electron chi connectivity index (χ0n) is 10.4. The van der Waals surface area contributed by atoms with Crippen LogP contribution in [0.15, 0.2) is 30.3 Å². The molecule has 2 aromatic rings. The summed E-state index contributed by atoms with van der Waals surface area (Å²) in [4.78, 5) is 12.2. The zero-order chi connectivity index (χ0) is 14.2. The molecule has 0 aliphatic rings. The highest BCUT2D eigenvalue weighted by Gasteiger charge is 2.19. The second-order valence-corrected chi connectivity index (χ2v) is 4.72. The van der Waals surface area contributed by atoms with Crippen LogP contribution >= 0.6 is 11.6 Å². The van der Waals surface area contributed by atoms with Crippen molar-refractivity contribution in [3.8, 4) is 0 Å². The molecule has 0 N–H and O–H groups in total. The van der Waals surface area contributed by atoms with Crippen LogP contribution in [0.2, 0.25) is 5.02 Å². The Morgan fingerprint density at radius 2 is 1.68 bits per heavy atom. The lowest BCUT2D eigenvalue weighted by Gasteiger charge is -2.08. The lowest BCUT2D eigenvalue weighted by Crippen LogP contribution is -2.07. The highest BCUT2D eigenvalue weighted by Crippen LogP contribution is 2.25. The second kappa shape index (κ2) is 5.10. The van der Waals surface area contributed by atoms with E-state index in [0.717, 1.165) is 12.1 Å². The Bertz CT molecular complexity index is 665. The third-order valence-corrected chi connectivity index (χ3v) is 3.43. The van der Waals surface area contributed by atoms with Crippen molar-refractivity contribution < 1.29 is 13.6 Å². The Kier molecular flexibility index (Phi) is 3.67. The van der Waals surface area contributed by atoms with Crippen molar-refractivity contribution in [2.45, 2.75) is 13.8 Å². The smallest absolute Gasteiger partial charge is 0.197 e. The molecule has 1 nitrogen and oxygen atoms in total. The van der Waals surface area contributed by atoms with E-state index in [4.69, 9.17) is 11.6 Å². The maximum atomic E-state index is 13.8. The van der Waals surface area contributed by atoms with Gasteiger partial charge in [-0.2, -0.15) is 0 Å². The zero-order valence-corrected chi connectivity index (χ0v) is 11.2. The number of aryl methyl sites for hydroxylation is 2. The van der Waals surface area contributed by atoms with Crippen molar-refractivity contribution in [3.63, 3.8) is 0 Å². The molecule has 0 heterocycles. The van der Waals surface area contributed by atoms with Crippen LogP contribution in [0, 0.1) is 25.5 Å². The summed E-state index contributed by atoms with van der Waals surface area (Å²) >= 11 is 6.02. The first-order valence-electron chi connectivity index (χ1n) is 5.67. The molecular formula is C15H11ClF2O. The largest absolute Gasteiger partial charge is 0.288 e. The average Bonchev–Trinajstić information content (AvgIpc) is 2.36. The van der Waals surface area contributed by atoms with Gasteiger partial charge in [-0.1, -0.05) is 23.7 Å². The van der Waals surface area contributed by atoms with Crippen molar-refractivity contribution in [1.29, 1.82) is 0 Å². The first-order valence-corrected chi connectivity index (χ1v) is 6.05. The molecule has 0 unspecified atom stereocenters. The summed E-state index contributed by atoms with van der Waals surface area (Å²) in [5.41, 5.74) is 0.726. The van der Waals surface area contributed by atoms with Gasteiger partial charge in [0, 0.05) is 5.56 Å². The van der Waals surface area contributed by atoms with Crippen molar-refractivity contribution >= 4 is 17.4 Å². The van der Waals surface area contributed by atoms with E-state index in [0.29, 0.717) is 5.56 Å². The van der Waals surface area contributed by atoms with Crippen LogP contribution in [0.4, 0.5) is 8.78 Å². The van der Waals surface area contributed by atoms with E-state index in [2.05, 4.69) is 0 Å². The summed E-state index contributed by atoms with van der Waals surface area (Å²) in [5, 5.41) is 0.257. The lowest BCUT2D eigenvalue weighted by atomic mass is 10.00.